The second kappa shape index (κ2) is 5.66. The molecular weight excluding hydrogens is 200 g/mol. The van der Waals surface area contributed by atoms with E-state index in [1.165, 1.54) is 0 Å². The largest absolute Gasteiger partial charge is 0.352 e. The highest BCUT2D eigenvalue weighted by Gasteiger charge is 2.14. The lowest BCUT2D eigenvalue weighted by Gasteiger charge is -2.23. The molecule has 2 rings (SSSR count). The molecule has 1 saturated heterocycles. The predicted octanol–water partition coefficient (Wildman–Crippen LogP) is 1.10. The first-order chi connectivity index (χ1) is 7.84. The van der Waals surface area contributed by atoms with Crippen LogP contribution in [0.1, 0.15) is 18.4 Å². The third-order valence-electron chi connectivity index (χ3n) is 2.87. The zero-order valence-corrected chi connectivity index (χ0v) is 9.41. The van der Waals surface area contributed by atoms with Gasteiger partial charge in [-0.2, -0.15) is 0 Å². The minimum Gasteiger partial charge on any atom is -0.352 e. The van der Waals surface area contributed by atoms with Crippen LogP contribution in [0.25, 0.3) is 0 Å². The number of carbonyl (C=O) groups excluding carboxylic acids is 1. The van der Waals surface area contributed by atoms with Crippen molar-refractivity contribution < 1.29 is 4.79 Å². The fourth-order valence-electron chi connectivity index (χ4n) is 2.03. The predicted molar refractivity (Wildman–Crippen MR) is 64.2 cm³/mol. The molecular formula is C13H18N2O. The Labute approximate surface area is 96.2 Å². The summed E-state index contributed by atoms with van der Waals surface area (Å²) in [4.78, 5) is 11.7. The molecule has 1 aromatic rings. The lowest BCUT2D eigenvalue weighted by atomic mass is 10.1. The molecule has 1 atom stereocenters. The average Bonchev–Trinajstić information content (AvgIpc) is 2.31. The smallest absolute Gasteiger partial charge is 0.224 e. The highest BCUT2D eigenvalue weighted by Crippen LogP contribution is 2.03. The zero-order chi connectivity index (χ0) is 11.2. The van der Waals surface area contributed by atoms with Crippen molar-refractivity contribution in [2.45, 2.75) is 25.3 Å². The Kier molecular flexibility index (Phi) is 3.94. The van der Waals surface area contributed by atoms with Gasteiger partial charge in [-0.15, -0.1) is 0 Å². The molecule has 0 aromatic heterocycles. The molecule has 1 fully saturated rings. The Morgan fingerprint density at radius 1 is 1.38 bits per heavy atom. The minimum absolute atomic E-state index is 0.125. The molecule has 16 heavy (non-hydrogen) atoms. The van der Waals surface area contributed by atoms with E-state index in [2.05, 4.69) is 10.6 Å². The fraction of sp³-hybridized carbons (Fsp3) is 0.462. The SMILES string of the molecule is O=C(Cc1ccccc1)NC1CCCNC1. The van der Waals surface area contributed by atoms with E-state index < -0.39 is 0 Å². The summed E-state index contributed by atoms with van der Waals surface area (Å²) in [6, 6.07) is 10.2. The van der Waals surface area contributed by atoms with Crippen LogP contribution < -0.4 is 10.6 Å². The third-order valence-corrected chi connectivity index (χ3v) is 2.87. The van der Waals surface area contributed by atoms with Crippen molar-refractivity contribution in [3.05, 3.63) is 35.9 Å². The number of amides is 1. The monoisotopic (exact) mass is 218 g/mol. The van der Waals surface area contributed by atoms with Gasteiger partial charge in [-0.25, -0.2) is 0 Å². The van der Waals surface area contributed by atoms with Crippen LogP contribution in [-0.4, -0.2) is 25.0 Å². The van der Waals surface area contributed by atoms with E-state index in [0.717, 1.165) is 31.5 Å². The first-order valence-corrected chi connectivity index (χ1v) is 5.88. The van der Waals surface area contributed by atoms with Gasteiger partial charge in [-0.3, -0.25) is 4.79 Å². The Balaban J connectivity index is 1.80. The molecule has 1 amide bonds. The van der Waals surface area contributed by atoms with E-state index in [1.807, 2.05) is 30.3 Å². The number of hydrogen-bond donors (Lipinski definition) is 2. The maximum Gasteiger partial charge on any atom is 0.224 e. The van der Waals surface area contributed by atoms with E-state index in [4.69, 9.17) is 0 Å². The number of nitrogens with one attached hydrogen (secondary N) is 2. The lowest BCUT2D eigenvalue weighted by molar-refractivity contribution is -0.121. The Hall–Kier alpha value is -1.35. The maximum atomic E-state index is 11.7. The molecule has 0 spiro atoms. The highest BCUT2D eigenvalue weighted by atomic mass is 16.1. The van der Waals surface area contributed by atoms with E-state index in [-0.39, 0.29) is 5.91 Å². The third kappa shape index (κ3) is 3.35. The van der Waals surface area contributed by atoms with Gasteiger partial charge in [0.2, 0.25) is 5.91 Å². The Bertz CT molecular complexity index is 331. The molecule has 1 aliphatic rings. The summed E-state index contributed by atoms with van der Waals surface area (Å²) < 4.78 is 0. The molecule has 1 unspecified atom stereocenters. The first-order valence-electron chi connectivity index (χ1n) is 5.88. The van der Waals surface area contributed by atoms with Crippen LogP contribution in [0, 0.1) is 0 Å². The molecule has 2 N–H and O–H groups in total. The summed E-state index contributed by atoms with van der Waals surface area (Å²) in [6.45, 7) is 1.98. The molecule has 3 heteroatoms. The molecule has 1 heterocycles. The van der Waals surface area contributed by atoms with Crippen molar-refractivity contribution in [3.8, 4) is 0 Å². The second-order valence-corrected chi connectivity index (χ2v) is 4.27. The summed E-state index contributed by atoms with van der Waals surface area (Å²) >= 11 is 0. The molecule has 0 aliphatic carbocycles. The van der Waals surface area contributed by atoms with Crippen molar-refractivity contribution in [2.75, 3.05) is 13.1 Å². The minimum atomic E-state index is 0.125. The van der Waals surface area contributed by atoms with Crippen LogP contribution in [0.4, 0.5) is 0 Å². The second-order valence-electron chi connectivity index (χ2n) is 4.27. The van der Waals surface area contributed by atoms with E-state index in [9.17, 15) is 4.79 Å². The van der Waals surface area contributed by atoms with Gasteiger partial charge in [0.15, 0.2) is 0 Å². The molecule has 1 aliphatic heterocycles. The molecule has 86 valence electrons. The van der Waals surface area contributed by atoms with Gasteiger partial charge >= 0.3 is 0 Å². The highest BCUT2D eigenvalue weighted by molar-refractivity contribution is 5.78. The van der Waals surface area contributed by atoms with Gasteiger partial charge in [0.05, 0.1) is 6.42 Å². The number of rotatable bonds is 3. The summed E-state index contributed by atoms with van der Waals surface area (Å²) in [7, 11) is 0. The van der Waals surface area contributed by atoms with Crippen molar-refractivity contribution in [3.63, 3.8) is 0 Å². The summed E-state index contributed by atoms with van der Waals surface area (Å²) in [5, 5.41) is 6.36. The number of hydrogen-bond acceptors (Lipinski definition) is 2. The van der Waals surface area contributed by atoms with Gasteiger partial charge in [0, 0.05) is 12.6 Å². The number of benzene rings is 1. The van der Waals surface area contributed by atoms with E-state index >= 15 is 0 Å². The van der Waals surface area contributed by atoms with Gasteiger partial charge < -0.3 is 10.6 Å². The fourth-order valence-corrected chi connectivity index (χ4v) is 2.03. The van der Waals surface area contributed by atoms with Gasteiger partial charge in [-0.1, -0.05) is 30.3 Å². The quantitative estimate of drug-likeness (QED) is 0.797. The molecule has 3 nitrogen and oxygen atoms in total. The van der Waals surface area contributed by atoms with Crippen LogP contribution in [0.15, 0.2) is 30.3 Å². The Morgan fingerprint density at radius 3 is 2.88 bits per heavy atom. The lowest BCUT2D eigenvalue weighted by Crippen LogP contribution is -2.46. The van der Waals surface area contributed by atoms with E-state index in [1.54, 1.807) is 0 Å². The number of carbonyl (C=O) groups is 1. The molecule has 0 saturated carbocycles. The Morgan fingerprint density at radius 2 is 2.19 bits per heavy atom. The van der Waals surface area contributed by atoms with E-state index in [0.29, 0.717) is 12.5 Å². The summed E-state index contributed by atoms with van der Waals surface area (Å²) in [6.07, 6.45) is 2.72. The van der Waals surface area contributed by atoms with Crippen molar-refractivity contribution in [1.29, 1.82) is 0 Å². The average molecular weight is 218 g/mol. The maximum absolute atomic E-state index is 11.7. The topological polar surface area (TPSA) is 41.1 Å². The molecule has 1 aromatic carbocycles. The van der Waals surface area contributed by atoms with Crippen LogP contribution >= 0.6 is 0 Å². The standard InChI is InChI=1S/C13H18N2O/c16-13(9-11-5-2-1-3-6-11)15-12-7-4-8-14-10-12/h1-3,5-6,12,14H,4,7-10H2,(H,15,16). The first kappa shape index (κ1) is 11.1. The normalized spacial score (nSPS) is 20.4. The zero-order valence-electron chi connectivity index (χ0n) is 9.41. The van der Waals surface area contributed by atoms with Crippen LogP contribution in [0.3, 0.4) is 0 Å². The number of piperidine rings is 1. The molecule has 0 radical (unpaired) electrons. The van der Waals surface area contributed by atoms with Crippen molar-refractivity contribution >= 4 is 5.91 Å². The van der Waals surface area contributed by atoms with Crippen LogP contribution in [0.2, 0.25) is 0 Å². The van der Waals surface area contributed by atoms with Gasteiger partial charge in [-0.05, 0) is 24.9 Å². The van der Waals surface area contributed by atoms with Crippen molar-refractivity contribution in [1.82, 2.24) is 10.6 Å². The summed E-state index contributed by atoms with van der Waals surface area (Å²) in [5.41, 5.74) is 1.07. The van der Waals surface area contributed by atoms with Crippen LogP contribution in [-0.2, 0) is 11.2 Å². The van der Waals surface area contributed by atoms with Crippen LogP contribution in [0.5, 0.6) is 0 Å². The van der Waals surface area contributed by atoms with Gasteiger partial charge in [0.25, 0.3) is 0 Å². The summed E-state index contributed by atoms with van der Waals surface area (Å²) in [5.74, 6) is 0.125. The van der Waals surface area contributed by atoms with Crippen molar-refractivity contribution in [2.24, 2.45) is 0 Å². The molecule has 0 bridgehead atoms. The van der Waals surface area contributed by atoms with Gasteiger partial charge in [0.1, 0.15) is 0 Å².